The average molecular weight is 411 g/mol. The number of aromatic amines is 1. The van der Waals surface area contributed by atoms with E-state index in [4.69, 9.17) is 16.3 Å². The second kappa shape index (κ2) is 8.46. The van der Waals surface area contributed by atoms with Gasteiger partial charge in [-0.1, -0.05) is 29.8 Å². The van der Waals surface area contributed by atoms with Crippen molar-refractivity contribution < 1.29 is 14.3 Å². The summed E-state index contributed by atoms with van der Waals surface area (Å²) in [5, 5.41) is 10.3. The lowest BCUT2D eigenvalue weighted by molar-refractivity contribution is 0.0303. The van der Waals surface area contributed by atoms with Crippen LogP contribution in [0.15, 0.2) is 54.7 Å². The van der Waals surface area contributed by atoms with Gasteiger partial charge in [0.2, 0.25) is 0 Å². The largest absolute Gasteiger partial charge is 0.378 e. The summed E-state index contributed by atoms with van der Waals surface area (Å²) < 4.78 is 5.29. The molecule has 1 aliphatic rings. The molecule has 0 aliphatic carbocycles. The average Bonchev–Trinajstić information content (AvgIpc) is 3.25. The first-order valence-corrected chi connectivity index (χ1v) is 9.57. The van der Waals surface area contributed by atoms with Crippen LogP contribution in [0.2, 0.25) is 5.02 Å². The van der Waals surface area contributed by atoms with Gasteiger partial charge in [0.05, 0.1) is 30.7 Å². The Hall–Kier alpha value is -3.16. The van der Waals surface area contributed by atoms with E-state index in [1.165, 1.54) is 6.20 Å². The predicted molar refractivity (Wildman–Crippen MR) is 110 cm³/mol. The lowest BCUT2D eigenvalue weighted by atomic mass is 10.1. The van der Waals surface area contributed by atoms with E-state index in [0.717, 1.165) is 5.56 Å². The highest BCUT2D eigenvalue weighted by atomic mass is 35.5. The molecular formula is C21H19ClN4O3. The molecule has 0 radical (unpaired) electrons. The number of nitrogens with zero attached hydrogens (tertiary/aromatic N) is 2. The molecule has 2 amide bonds. The molecule has 8 heteroatoms. The van der Waals surface area contributed by atoms with Crippen molar-refractivity contribution in [3.05, 3.63) is 70.9 Å². The van der Waals surface area contributed by atoms with Crippen LogP contribution in [0.1, 0.15) is 20.7 Å². The van der Waals surface area contributed by atoms with Crippen molar-refractivity contribution in [2.75, 3.05) is 31.6 Å². The van der Waals surface area contributed by atoms with Crippen molar-refractivity contribution in [3.63, 3.8) is 0 Å². The molecule has 0 saturated carbocycles. The topological polar surface area (TPSA) is 87.3 Å². The smallest absolute Gasteiger partial charge is 0.259 e. The Bertz CT molecular complexity index is 1030. The Morgan fingerprint density at radius 3 is 2.62 bits per heavy atom. The first kappa shape index (κ1) is 19.2. The van der Waals surface area contributed by atoms with Gasteiger partial charge in [0.1, 0.15) is 0 Å². The maximum Gasteiger partial charge on any atom is 0.259 e. The maximum absolute atomic E-state index is 12.8. The summed E-state index contributed by atoms with van der Waals surface area (Å²) in [6.07, 6.45) is 1.47. The molecule has 3 aromatic rings. The Balaban J connectivity index is 1.52. The van der Waals surface area contributed by atoms with Gasteiger partial charge in [-0.05, 0) is 30.3 Å². The van der Waals surface area contributed by atoms with Crippen LogP contribution in [-0.4, -0.2) is 53.2 Å². The number of morpholine rings is 1. The predicted octanol–water partition coefficient (Wildman–Crippen LogP) is 3.45. The van der Waals surface area contributed by atoms with E-state index in [1.54, 1.807) is 41.3 Å². The van der Waals surface area contributed by atoms with Crippen LogP contribution >= 0.6 is 11.6 Å². The molecule has 29 heavy (non-hydrogen) atoms. The number of nitrogens with one attached hydrogen (secondary N) is 2. The molecule has 0 unspecified atom stereocenters. The van der Waals surface area contributed by atoms with Crippen molar-refractivity contribution in [3.8, 4) is 11.3 Å². The Labute approximate surface area is 172 Å². The number of aromatic nitrogens is 2. The number of H-pyrrole nitrogens is 1. The zero-order chi connectivity index (χ0) is 20.2. The van der Waals surface area contributed by atoms with Crippen molar-refractivity contribution >= 4 is 29.1 Å². The van der Waals surface area contributed by atoms with E-state index in [0.29, 0.717) is 53.8 Å². The molecule has 0 atom stereocenters. The number of benzene rings is 2. The molecule has 4 rings (SSSR count). The van der Waals surface area contributed by atoms with Crippen LogP contribution in [0.4, 0.5) is 5.69 Å². The standard InChI is InChI=1S/C21H19ClN4O3/c22-16-6-4-14(5-7-16)19-18(13-23-25-19)20(27)24-17-3-1-2-15(12-17)21(28)26-8-10-29-11-9-26/h1-7,12-13H,8-11H2,(H,23,25)(H,24,27). The molecule has 7 nitrogen and oxygen atoms in total. The van der Waals surface area contributed by atoms with E-state index < -0.39 is 0 Å². The molecule has 0 spiro atoms. The van der Waals surface area contributed by atoms with Gasteiger partial charge < -0.3 is 15.0 Å². The number of carbonyl (C=O) groups excluding carboxylic acids is 2. The van der Waals surface area contributed by atoms with Crippen molar-refractivity contribution in [2.45, 2.75) is 0 Å². The molecule has 1 saturated heterocycles. The Morgan fingerprint density at radius 1 is 1.10 bits per heavy atom. The number of hydrogen-bond acceptors (Lipinski definition) is 4. The number of anilines is 1. The fourth-order valence-electron chi connectivity index (χ4n) is 3.17. The highest BCUT2D eigenvalue weighted by Crippen LogP contribution is 2.24. The van der Waals surface area contributed by atoms with Gasteiger partial charge in [0.25, 0.3) is 11.8 Å². The molecule has 1 aromatic heterocycles. The molecule has 2 aromatic carbocycles. The number of hydrogen-bond donors (Lipinski definition) is 2. The first-order chi connectivity index (χ1) is 14.1. The number of halogens is 1. The summed E-state index contributed by atoms with van der Waals surface area (Å²) >= 11 is 5.94. The van der Waals surface area contributed by atoms with Crippen LogP contribution in [0.25, 0.3) is 11.3 Å². The van der Waals surface area contributed by atoms with E-state index in [-0.39, 0.29) is 11.8 Å². The summed E-state index contributed by atoms with van der Waals surface area (Å²) in [6, 6.07) is 14.0. The van der Waals surface area contributed by atoms with Gasteiger partial charge in [-0.25, -0.2) is 0 Å². The minimum atomic E-state index is -0.320. The van der Waals surface area contributed by atoms with Crippen molar-refractivity contribution in [1.29, 1.82) is 0 Å². The highest BCUT2D eigenvalue weighted by Gasteiger charge is 2.20. The van der Waals surface area contributed by atoms with Gasteiger partial charge in [0, 0.05) is 34.9 Å². The van der Waals surface area contributed by atoms with E-state index in [1.807, 2.05) is 12.1 Å². The number of ether oxygens (including phenoxy) is 1. The fourth-order valence-corrected chi connectivity index (χ4v) is 3.30. The van der Waals surface area contributed by atoms with Gasteiger partial charge >= 0.3 is 0 Å². The summed E-state index contributed by atoms with van der Waals surface area (Å²) in [4.78, 5) is 27.2. The third kappa shape index (κ3) is 4.31. The van der Waals surface area contributed by atoms with Crippen LogP contribution in [-0.2, 0) is 4.74 Å². The number of rotatable bonds is 4. The minimum absolute atomic E-state index is 0.0745. The third-order valence-electron chi connectivity index (χ3n) is 4.68. The minimum Gasteiger partial charge on any atom is -0.378 e. The normalized spacial score (nSPS) is 13.9. The molecule has 2 heterocycles. The third-order valence-corrected chi connectivity index (χ3v) is 4.93. The SMILES string of the molecule is O=C(Nc1cccc(C(=O)N2CCOCC2)c1)c1cn[nH]c1-c1ccc(Cl)cc1. The zero-order valence-corrected chi connectivity index (χ0v) is 16.3. The lowest BCUT2D eigenvalue weighted by Crippen LogP contribution is -2.40. The summed E-state index contributed by atoms with van der Waals surface area (Å²) in [6.45, 7) is 2.20. The number of carbonyl (C=O) groups is 2. The van der Waals surface area contributed by atoms with Crippen LogP contribution < -0.4 is 5.32 Å². The van der Waals surface area contributed by atoms with Gasteiger partial charge in [0.15, 0.2) is 0 Å². The van der Waals surface area contributed by atoms with Gasteiger partial charge in [-0.3, -0.25) is 14.7 Å². The highest BCUT2D eigenvalue weighted by molar-refractivity contribution is 6.30. The summed E-state index contributed by atoms with van der Waals surface area (Å²) in [7, 11) is 0. The Morgan fingerprint density at radius 2 is 1.86 bits per heavy atom. The van der Waals surface area contributed by atoms with Crippen LogP contribution in [0.3, 0.4) is 0 Å². The maximum atomic E-state index is 12.8. The quantitative estimate of drug-likeness (QED) is 0.689. The van der Waals surface area contributed by atoms with E-state index >= 15 is 0 Å². The summed E-state index contributed by atoms with van der Waals surface area (Å²) in [5.74, 6) is -0.394. The fraction of sp³-hybridized carbons (Fsp3) is 0.190. The second-order valence-electron chi connectivity index (χ2n) is 6.61. The number of amides is 2. The molecule has 1 fully saturated rings. The lowest BCUT2D eigenvalue weighted by Gasteiger charge is -2.27. The van der Waals surface area contributed by atoms with Gasteiger partial charge in [-0.15, -0.1) is 0 Å². The molecular weight excluding hydrogens is 392 g/mol. The van der Waals surface area contributed by atoms with Crippen LogP contribution in [0.5, 0.6) is 0 Å². The van der Waals surface area contributed by atoms with E-state index in [2.05, 4.69) is 15.5 Å². The monoisotopic (exact) mass is 410 g/mol. The molecule has 0 bridgehead atoms. The first-order valence-electron chi connectivity index (χ1n) is 9.19. The van der Waals surface area contributed by atoms with Crippen LogP contribution in [0, 0.1) is 0 Å². The second-order valence-corrected chi connectivity index (χ2v) is 7.04. The summed E-state index contributed by atoms with van der Waals surface area (Å²) in [5.41, 5.74) is 2.86. The molecule has 1 aliphatic heterocycles. The van der Waals surface area contributed by atoms with Gasteiger partial charge in [-0.2, -0.15) is 5.10 Å². The Kier molecular flexibility index (Phi) is 5.59. The molecule has 148 valence electrons. The van der Waals surface area contributed by atoms with Crippen molar-refractivity contribution in [2.24, 2.45) is 0 Å². The zero-order valence-electron chi connectivity index (χ0n) is 15.5. The van der Waals surface area contributed by atoms with E-state index in [9.17, 15) is 9.59 Å². The molecule has 2 N–H and O–H groups in total. The van der Waals surface area contributed by atoms with Crippen molar-refractivity contribution in [1.82, 2.24) is 15.1 Å².